The lowest BCUT2D eigenvalue weighted by Gasteiger charge is -2.14. The van der Waals surface area contributed by atoms with Crippen LogP contribution in [0.15, 0.2) is 23.8 Å². The number of benzene rings is 1. The number of hydrogen-bond donors (Lipinski definition) is 0. The maximum atomic E-state index is 12.2. The van der Waals surface area contributed by atoms with Crippen molar-refractivity contribution in [1.82, 2.24) is 0 Å². The highest BCUT2D eigenvalue weighted by atomic mass is 16.5. The quantitative estimate of drug-likeness (QED) is 0.792. The summed E-state index contributed by atoms with van der Waals surface area (Å²) in [5, 5.41) is 0. The predicted molar refractivity (Wildman–Crippen MR) is 75.2 cm³/mol. The molecule has 0 N–H and O–H groups in total. The van der Waals surface area contributed by atoms with Crippen LogP contribution in [0, 0.1) is 6.92 Å². The van der Waals surface area contributed by atoms with Crippen molar-refractivity contribution in [3.63, 3.8) is 0 Å². The lowest BCUT2D eigenvalue weighted by atomic mass is 9.94. The molecule has 106 valence electrons. The predicted octanol–water partition coefficient (Wildman–Crippen LogP) is 2.60. The van der Waals surface area contributed by atoms with Crippen molar-refractivity contribution in [1.29, 1.82) is 0 Å². The van der Waals surface area contributed by atoms with Gasteiger partial charge < -0.3 is 9.47 Å². The molecule has 2 rings (SSSR count). The molecule has 1 aromatic rings. The number of hydrogen-bond acceptors (Lipinski definition) is 4. The molecule has 0 saturated carbocycles. The summed E-state index contributed by atoms with van der Waals surface area (Å²) >= 11 is 0. The first-order valence-corrected chi connectivity index (χ1v) is 6.75. The average molecular weight is 274 g/mol. The number of carbonyl (C=O) groups is 2. The van der Waals surface area contributed by atoms with Gasteiger partial charge in [-0.3, -0.25) is 4.79 Å². The molecule has 0 heterocycles. The first-order valence-electron chi connectivity index (χ1n) is 6.75. The molecule has 1 aliphatic rings. The molecule has 1 aliphatic carbocycles. The Morgan fingerprint density at radius 3 is 2.50 bits per heavy atom. The van der Waals surface area contributed by atoms with E-state index >= 15 is 0 Å². The molecule has 0 aliphatic heterocycles. The Morgan fingerprint density at radius 1 is 1.15 bits per heavy atom. The van der Waals surface area contributed by atoms with Crippen LogP contribution in [0.5, 0.6) is 0 Å². The minimum absolute atomic E-state index is 0.279. The molecule has 0 radical (unpaired) electrons. The summed E-state index contributed by atoms with van der Waals surface area (Å²) in [5.74, 6) is -1.54. The van der Waals surface area contributed by atoms with Crippen molar-refractivity contribution in [2.24, 2.45) is 0 Å². The highest BCUT2D eigenvalue weighted by Gasteiger charge is 2.37. The first kappa shape index (κ1) is 14.3. The van der Waals surface area contributed by atoms with Crippen molar-refractivity contribution in [3.8, 4) is 0 Å². The van der Waals surface area contributed by atoms with Crippen LogP contribution in [0.1, 0.15) is 36.5 Å². The highest BCUT2D eigenvalue weighted by molar-refractivity contribution is 6.06. The molecule has 0 amide bonds. The average Bonchev–Trinajstić information content (AvgIpc) is 2.80. The van der Waals surface area contributed by atoms with Crippen LogP contribution < -0.4 is 0 Å². The van der Waals surface area contributed by atoms with E-state index in [2.05, 4.69) is 0 Å². The summed E-state index contributed by atoms with van der Waals surface area (Å²) in [6.07, 6.45) is 1.74. The van der Waals surface area contributed by atoms with Crippen molar-refractivity contribution < 1.29 is 19.1 Å². The Bertz CT molecular complexity index is 572. The van der Waals surface area contributed by atoms with Crippen molar-refractivity contribution in [2.75, 3.05) is 13.2 Å². The van der Waals surface area contributed by atoms with Crippen molar-refractivity contribution in [3.05, 3.63) is 40.5 Å². The second-order valence-corrected chi connectivity index (χ2v) is 4.58. The van der Waals surface area contributed by atoms with Gasteiger partial charge in [-0.1, -0.05) is 18.2 Å². The van der Waals surface area contributed by atoms with Gasteiger partial charge in [-0.2, -0.15) is 0 Å². The summed E-state index contributed by atoms with van der Waals surface area (Å²) in [6, 6.07) is 5.68. The van der Waals surface area contributed by atoms with E-state index in [1.54, 1.807) is 19.9 Å². The largest absolute Gasteiger partial charge is 0.465 e. The normalized spacial score (nSPS) is 16.4. The molecule has 0 saturated heterocycles. The topological polar surface area (TPSA) is 52.6 Å². The number of fused-ring (bicyclic) bond motifs is 1. The zero-order valence-electron chi connectivity index (χ0n) is 11.9. The van der Waals surface area contributed by atoms with Gasteiger partial charge >= 0.3 is 11.9 Å². The van der Waals surface area contributed by atoms with Gasteiger partial charge in [0.15, 0.2) is 0 Å². The van der Waals surface area contributed by atoms with E-state index in [0.29, 0.717) is 5.57 Å². The molecular formula is C16H18O4. The molecule has 0 aromatic heterocycles. The van der Waals surface area contributed by atoms with Crippen LogP contribution in [0.25, 0.3) is 6.08 Å². The minimum atomic E-state index is -0.677. The molecule has 1 unspecified atom stereocenters. The van der Waals surface area contributed by atoms with Crippen LogP contribution >= 0.6 is 0 Å². The van der Waals surface area contributed by atoms with Crippen LogP contribution in [-0.4, -0.2) is 25.2 Å². The first-order chi connectivity index (χ1) is 9.60. The summed E-state index contributed by atoms with van der Waals surface area (Å²) in [7, 11) is 0. The molecule has 1 aromatic carbocycles. The highest BCUT2D eigenvalue weighted by Crippen LogP contribution is 2.39. The smallest absolute Gasteiger partial charge is 0.335 e. The zero-order valence-corrected chi connectivity index (χ0v) is 11.9. The summed E-state index contributed by atoms with van der Waals surface area (Å²) in [4.78, 5) is 24.2. The van der Waals surface area contributed by atoms with Gasteiger partial charge in [0.1, 0.15) is 5.92 Å². The standard InChI is InChI=1S/C16H18O4/c1-4-19-15(17)13-9-12-10(3)7-6-8-11(12)14(13)16(18)20-5-2/h6-9,14H,4-5H2,1-3H3. The molecule has 0 bridgehead atoms. The summed E-state index contributed by atoms with van der Waals surface area (Å²) in [6.45, 7) is 6.00. The van der Waals surface area contributed by atoms with Gasteiger partial charge in [0.05, 0.1) is 18.8 Å². The van der Waals surface area contributed by atoms with E-state index in [9.17, 15) is 9.59 Å². The van der Waals surface area contributed by atoms with Crippen molar-refractivity contribution >= 4 is 18.0 Å². The van der Waals surface area contributed by atoms with E-state index in [4.69, 9.17) is 9.47 Å². The molecule has 4 nitrogen and oxygen atoms in total. The molecule has 0 fully saturated rings. The third-order valence-electron chi connectivity index (χ3n) is 3.31. The Balaban J connectivity index is 2.45. The third-order valence-corrected chi connectivity index (χ3v) is 3.31. The molecule has 1 atom stereocenters. The van der Waals surface area contributed by atoms with Crippen LogP contribution in [0.4, 0.5) is 0 Å². The molecule has 0 spiro atoms. The second-order valence-electron chi connectivity index (χ2n) is 4.58. The fourth-order valence-electron chi connectivity index (χ4n) is 2.43. The Kier molecular flexibility index (Phi) is 4.23. The number of ether oxygens (including phenoxy) is 2. The molecule has 4 heteroatoms. The van der Waals surface area contributed by atoms with Crippen molar-refractivity contribution in [2.45, 2.75) is 26.7 Å². The number of aryl methyl sites for hydroxylation is 1. The molecule has 20 heavy (non-hydrogen) atoms. The number of esters is 2. The fourth-order valence-corrected chi connectivity index (χ4v) is 2.43. The SMILES string of the molecule is CCOC(=O)C1=Cc2c(C)cccc2C1C(=O)OCC. The minimum Gasteiger partial charge on any atom is -0.465 e. The van der Waals surface area contributed by atoms with Gasteiger partial charge in [0.25, 0.3) is 0 Å². The molecular weight excluding hydrogens is 256 g/mol. The number of carbonyl (C=O) groups excluding carboxylic acids is 2. The van der Waals surface area contributed by atoms with Crippen LogP contribution in [0.2, 0.25) is 0 Å². The maximum absolute atomic E-state index is 12.2. The van der Waals surface area contributed by atoms with Gasteiger partial charge in [0, 0.05) is 0 Å². The lowest BCUT2D eigenvalue weighted by Crippen LogP contribution is -2.21. The van der Waals surface area contributed by atoms with E-state index in [1.165, 1.54) is 0 Å². The van der Waals surface area contributed by atoms with E-state index in [1.807, 2.05) is 25.1 Å². The van der Waals surface area contributed by atoms with Crippen LogP contribution in [-0.2, 0) is 19.1 Å². The monoisotopic (exact) mass is 274 g/mol. The van der Waals surface area contributed by atoms with Gasteiger partial charge in [-0.25, -0.2) is 4.79 Å². The zero-order chi connectivity index (χ0) is 14.7. The fraction of sp³-hybridized carbons (Fsp3) is 0.375. The lowest BCUT2D eigenvalue weighted by molar-refractivity contribution is -0.147. The summed E-state index contributed by atoms with van der Waals surface area (Å²) in [5.41, 5.74) is 3.10. The Morgan fingerprint density at radius 2 is 1.85 bits per heavy atom. The van der Waals surface area contributed by atoms with Gasteiger partial charge in [-0.05, 0) is 43.5 Å². The van der Waals surface area contributed by atoms with E-state index < -0.39 is 17.9 Å². The van der Waals surface area contributed by atoms with Gasteiger partial charge in [0.2, 0.25) is 0 Å². The van der Waals surface area contributed by atoms with E-state index in [-0.39, 0.29) is 13.2 Å². The second kappa shape index (κ2) is 5.90. The Hall–Kier alpha value is -2.10. The van der Waals surface area contributed by atoms with Crippen LogP contribution in [0.3, 0.4) is 0 Å². The maximum Gasteiger partial charge on any atom is 0.335 e. The third kappa shape index (κ3) is 2.46. The van der Waals surface area contributed by atoms with Gasteiger partial charge in [-0.15, -0.1) is 0 Å². The summed E-state index contributed by atoms with van der Waals surface area (Å²) < 4.78 is 10.1. The Labute approximate surface area is 118 Å². The van der Waals surface area contributed by atoms with E-state index in [0.717, 1.165) is 16.7 Å². The number of rotatable bonds is 4.